The van der Waals surface area contributed by atoms with Gasteiger partial charge in [0.1, 0.15) is 0 Å². The van der Waals surface area contributed by atoms with Crippen LogP contribution in [0.5, 0.6) is 5.75 Å². The Morgan fingerprint density at radius 2 is 2.17 bits per heavy atom. The summed E-state index contributed by atoms with van der Waals surface area (Å²) in [6.07, 6.45) is 4.30. The van der Waals surface area contributed by atoms with E-state index in [0.717, 1.165) is 24.4 Å². The van der Waals surface area contributed by atoms with E-state index in [4.69, 9.17) is 9.15 Å². The number of hydrogen-bond acceptors (Lipinski definition) is 3. The molecule has 2 aromatic rings. The van der Waals surface area contributed by atoms with Gasteiger partial charge in [0.15, 0.2) is 11.3 Å². The van der Waals surface area contributed by atoms with Crippen LogP contribution in [0, 0.1) is 0 Å². The van der Waals surface area contributed by atoms with Crippen molar-refractivity contribution in [2.75, 3.05) is 19.7 Å². The molecule has 96 valence electrons. The Labute approximate surface area is 107 Å². The molecule has 0 saturated carbocycles. The molecule has 3 nitrogen and oxygen atoms in total. The smallest absolute Gasteiger partial charge is 0.175 e. The van der Waals surface area contributed by atoms with E-state index in [1.807, 2.05) is 25.3 Å². The van der Waals surface area contributed by atoms with Crippen LogP contribution in [0.15, 0.2) is 28.9 Å². The average molecular weight is 245 g/mol. The zero-order chi connectivity index (χ0) is 12.4. The van der Waals surface area contributed by atoms with Gasteiger partial charge in [-0.15, -0.1) is 0 Å². The molecule has 0 radical (unpaired) electrons. The van der Waals surface area contributed by atoms with Gasteiger partial charge in [0.2, 0.25) is 0 Å². The third-order valence-electron chi connectivity index (χ3n) is 3.67. The Kier molecular flexibility index (Phi) is 3.24. The minimum absolute atomic E-state index is 0.615. The van der Waals surface area contributed by atoms with E-state index >= 15 is 0 Å². The minimum Gasteiger partial charge on any atom is -0.490 e. The molecule has 1 aromatic carbocycles. The lowest BCUT2D eigenvalue weighted by atomic mass is 9.90. The predicted molar refractivity (Wildman–Crippen MR) is 72.2 cm³/mol. The summed E-state index contributed by atoms with van der Waals surface area (Å²) in [4.78, 5) is 0. The van der Waals surface area contributed by atoms with Crippen molar-refractivity contribution in [3.05, 3.63) is 30.0 Å². The van der Waals surface area contributed by atoms with Crippen LogP contribution in [-0.4, -0.2) is 19.7 Å². The normalized spacial score (nSPS) is 17.2. The first-order chi connectivity index (χ1) is 8.90. The standard InChI is InChI=1S/C15H19NO2/c1-2-17-14-5-3-4-12-13(10-18-15(12)14)11-6-8-16-9-7-11/h3-5,10-11,16H,2,6-9H2,1H3. The Morgan fingerprint density at radius 1 is 1.33 bits per heavy atom. The molecule has 18 heavy (non-hydrogen) atoms. The molecular weight excluding hydrogens is 226 g/mol. The molecule has 1 fully saturated rings. The van der Waals surface area contributed by atoms with Crippen molar-refractivity contribution in [1.82, 2.24) is 5.32 Å². The molecule has 1 aromatic heterocycles. The number of hydrogen-bond donors (Lipinski definition) is 1. The molecule has 0 atom stereocenters. The van der Waals surface area contributed by atoms with Crippen LogP contribution in [0.4, 0.5) is 0 Å². The summed E-state index contributed by atoms with van der Waals surface area (Å²) in [5, 5.41) is 4.62. The first-order valence-corrected chi connectivity index (χ1v) is 6.73. The lowest BCUT2D eigenvalue weighted by Crippen LogP contribution is -2.26. The topological polar surface area (TPSA) is 34.4 Å². The van der Waals surface area contributed by atoms with Crippen molar-refractivity contribution in [3.63, 3.8) is 0 Å². The maximum atomic E-state index is 5.74. The van der Waals surface area contributed by atoms with Crippen LogP contribution >= 0.6 is 0 Å². The highest BCUT2D eigenvalue weighted by Gasteiger charge is 2.20. The Morgan fingerprint density at radius 3 is 2.94 bits per heavy atom. The van der Waals surface area contributed by atoms with Crippen LogP contribution < -0.4 is 10.1 Å². The molecule has 0 spiro atoms. The highest BCUT2D eigenvalue weighted by atomic mass is 16.5. The van der Waals surface area contributed by atoms with Crippen LogP contribution in [0.2, 0.25) is 0 Å². The summed E-state index contributed by atoms with van der Waals surface area (Å²) in [6.45, 7) is 4.86. The first kappa shape index (κ1) is 11.6. The largest absolute Gasteiger partial charge is 0.490 e. The third-order valence-corrected chi connectivity index (χ3v) is 3.67. The molecule has 2 heterocycles. The number of ether oxygens (including phenoxy) is 1. The van der Waals surface area contributed by atoms with Gasteiger partial charge in [-0.05, 0) is 44.8 Å². The van der Waals surface area contributed by atoms with Crippen molar-refractivity contribution in [2.45, 2.75) is 25.7 Å². The van der Waals surface area contributed by atoms with E-state index in [9.17, 15) is 0 Å². The number of furan rings is 1. The van der Waals surface area contributed by atoms with E-state index in [1.54, 1.807) is 0 Å². The fraction of sp³-hybridized carbons (Fsp3) is 0.467. The van der Waals surface area contributed by atoms with Gasteiger partial charge in [0, 0.05) is 10.9 Å². The monoisotopic (exact) mass is 245 g/mol. The van der Waals surface area contributed by atoms with E-state index < -0.39 is 0 Å². The highest BCUT2D eigenvalue weighted by molar-refractivity contribution is 5.86. The lowest BCUT2D eigenvalue weighted by molar-refractivity contribution is 0.338. The number of para-hydroxylation sites is 1. The molecule has 1 aliphatic rings. The van der Waals surface area contributed by atoms with Crippen molar-refractivity contribution < 1.29 is 9.15 Å². The quantitative estimate of drug-likeness (QED) is 0.901. The maximum absolute atomic E-state index is 5.74. The van der Waals surface area contributed by atoms with Crippen LogP contribution in [-0.2, 0) is 0 Å². The van der Waals surface area contributed by atoms with E-state index in [1.165, 1.54) is 23.8 Å². The number of piperidine rings is 1. The van der Waals surface area contributed by atoms with Crippen molar-refractivity contribution >= 4 is 11.0 Å². The second-order valence-electron chi connectivity index (χ2n) is 4.78. The minimum atomic E-state index is 0.615. The molecule has 0 aliphatic carbocycles. The summed E-state index contributed by atoms with van der Waals surface area (Å²) in [5.74, 6) is 1.47. The van der Waals surface area contributed by atoms with Crippen LogP contribution in [0.25, 0.3) is 11.0 Å². The average Bonchev–Trinajstić information content (AvgIpc) is 2.85. The molecule has 0 unspecified atom stereocenters. The summed E-state index contributed by atoms with van der Waals surface area (Å²) < 4.78 is 11.4. The predicted octanol–water partition coefficient (Wildman–Crippen LogP) is 3.30. The highest BCUT2D eigenvalue weighted by Crippen LogP contribution is 2.36. The molecule has 0 bridgehead atoms. The number of nitrogens with one attached hydrogen (secondary N) is 1. The van der Waals surface area contributed by atoms with Gasteiger partial charge in [-0.2, -0.15) is 0 Å². The van der Waals surface area contributed by atoms with Gasteiger partial charge in [0.05, 0.1) is 12.9 Å². The summed E-state index contributed by atoms with van der Waals surface area (Å²) in [5.41, 5.74) is 2.24. The third kappa shape index (κ3) is 1.99. The van der Waals surface area contributed by atoms with Gasteiger partial charge in [-0.3, -0.25) is 0 Å². The number of fused-ring (bicyclic) bond motifs is 1. The molecule has 1 saturated heterocycles. The molecular formula is C15H19NO2. The lowest BCUT2D eigenvalue weighted by Gasteiger charge is -2.21. The summed E-state index contributed by atoms with van der Waals surface area (Å²) in [6, 6.07) is 6.16. The number of rotatable bonds is 3. The molecule has 1 aliphatic heterocycles. The second kappa shape index (κ2) is 5.02. The Bertz CT molecular complexity index is 526. The summed E-state index contributed by atoms with van der Waals surface area (Å²) >= 11 is 0. The molecule has 0 amide bonds. The molecule has 3 heteroatoms. The van der Waals surface area contributed by atoms with Crippen molar-refractivity contribution in [2.24, 2.45) is 0 Å². The van der Waals surface area contributed by atoms with Crippen molar-refractivity contribution in [1.29, 1.82) is 0 Å². The summed E-state index contributed by atoms with van der Waals surface area (Å²) in [7, 11) is 0. The van der Waals surface area contributed by atoms with Gasteiger partial charge in [-0.25, -0.2) is 0 Å². The molecule has 1 N–H and O–H groups in total. The Balaban J connectivity index is 2.00. The zero-order valence-corrected chi connectivity index (χ0v) is 10.7. The van der Waals surface area contributed by atoms with Gasteiger partial charge < -0.3 is 14.5 Å². The fourth-order valence-corrected chi connectivity index (χ4v) is 2.77. The SMILES string of the molecule is CCOc1cccc2c(C3CCNCC3)coc12. The zero-order valence-electron chi connectivity index (χ0n) is 10.7. The fourth-order valence-electron chi connectivity index (χ4n) is 2.77. The molecule has 3 rings (SSSR count). The van der Waals surface area contributed by atoms with E-state index in [-0.39, 0.29) is 0 Å². The Hall–Kier alpha value is -1.48. The van der Waals surface area contributed by atoms with E-state index in [0.29, 0.717) is 12.5 Å². The van der Waals surface area contributed by atoms with Crippen LogP contribution in [0.3, 0.4) is 0 Å². The maximum Gasteiger partial charge on any atom is 0.175 e. The van der Waals surface area contributed by atoms with Gasteiger partial charge in [0.25, 0.3) is 0 Å². The van der Waals surface area contributed by atoms with Crippen molar-refractivity contribution in [3.8, 4) is 5.75 Å². The first-order valence-electron chi connectivity index (χ1n) is 6.73. The second-order valence-corrected chi connectivity index (χ2v) is 4.78. The van der Waals surface area contributed by atoms with E-state index in [2.05, 4.69) is 11.4 Å². The van der Waals surface area contributed by atoms with Crippen LogP contribution in [0.1, 0.15) is 31.2 Å². The van der Waals surface area contributed by atoms with Gasteiger partial charge in [-0.1, -0.05) is 12.1 Å². The number of benzene rings is 1. The van der Waals surface area contributed by atoms with Gasteiger partial charge >= 0.3 is 0 Å².